The number of aliphatic hydroxyl groups excluding tert-OH is 1. The molecular formula is C39H46N2O4. The Morgan fingerprint density at radius 3 is 2.44 bits per heavy atom. The SMILES string of the molecule is Cc1ccccc1N1CCC(CCc2ccc(C(=O)CCCC(C)C(CO)c3ccccc3)cc2NC(=O)c2ccco2)CC1. The van der Waals surface area contributed by atoms with Crippen LogP contribution >= 0.6 is 0 Å². The van der Waals surface area contributed by atoms with Crippen molar-refractivity contribution in [2.45, 2.75) is 64.7 Å². The van der Waals surface area contributed by atoms with Crippen LogP contribution in [0.25, 0.3) is 0 Å². The van der Waals surface area contributed by atoms with Crippen molar-refractivity contribution in [1.29, 1.82) is 0 Å². The first-order valence-electron chi connectivity index (χ1n) is 16.4. The fraction of sp³-hybridized carbons (Fsp3) is 0.385. The standard InChI is InChI=1S/C39H46N2O4/c1-28(34(27-42)31-12-4-3-5-13-31)11-8-15-37(43)33-20-19-32(35(26-33)40-39(44)38-16-9-25-45-38)18-17-30-21-23-41(24-22-30)36-14-7-6-10-29(36)2/h3-7,9-10,12-14,16,19-20,25-26,28,30,34,42H,8,11,15,17-18,21-24,27H2,1-2H3,(H,40,44). The summed E-state index contributed by atoms with van der Waals surface area (Å²) in [5.41, 5.74) is 6.10. The first kappa shape index (κ1) is 32.2. The van der Waals surface area contributed by atoms with Gasteiger partial charge in [-0.15, -0.1) is 0 Å². The molecule has 1 aliphatic rings. The number of hydrogen-bond donors (Lipinski definition) is 2. The molecule has 45 heavy (non-hydrogen) atoms. The second-order valence-corrected chi connectivity index (χ2v) is 12.6. The molecule has 0 aliphatic carbocycles. The van der Waals surface area contributed by atoms with Crippen LogP contribution in [0.3, 0.4) is 0 Å². The van der Waals surface area contributed by atoms with E-state index >= 15 is 0 Å². The zero-order valence-electron chi connectivity index (χ0n) is 26.6. The number of carbonyl (C=O) groups excluding carboxylic acids is 2. The molecule has 5 rings (SSSR count). The van der Waals surface area contributed by atoms with Crippen molar-refractivity contribution < 1.29 is 19.1 Å². The van der Waals surface area contributed by atoms with Crippen LogP contribution in [0.2, 0.25) is 0 Å². The predicted molar refractivity (Wildman–Crippen MR) is 181 cm³/mol. The largest absolute Gasteiger partial charge is 0.459 e. The Labute approximate surface area is 267 Å². The van der Waals surface area contributed by atoms with Gasteiger partial charge in [0.25, 0.3) is 5.91 Å². The van der Waals surface area contributed by atoms with Crippen LogP contribution < -0.4 is 10.2 Å². The Bertz CT molecular complexity index is 1520. The lowest BCUT2D eigenvalue weighted by molar-refractivity contribution is 0.0972. The van der Waals surface area contributed by atoms with Gasteiger partial charge in [0.05, 0.1) is 12.9 Å². The van der Waals surface area contributed by atoms with E-state index in [1.807, 2.05) is 36.4 Å². The van der Waals surface area contributed by atoms with Gasteiger partial charge in [0, 0.05) is 42.4 Å². The van der Waals surface area contributed by atoms with Gasteiger partial charge in [-0.2, -0.15) is 0 Å². The Morgan fingerprint density at radius 1 is 0.978 bits per heavy atom. The molecule has 1 saturated heterocycles. The molecule has 0 bridgehead atoms. The molecular weight excluding hydrogens is 560 g/mol. The van der Waals surface area contributed by atoms with Gasteiger partial charge in [-0.3, -0.25) is 9.59 Å². The van der Waals surface area contributed by atoms with Crippen molar-refractivity contribution in [3.8, 4) is 0 Å². The lowest BCUT2D eigenvalue weighted by Gasteiger charge is -2.34. The Morgan fingerprint density at radius 2 is 1.73 bits per heavy atom. The first-order valence-corrected chi connectivity index (χ1v) is 16.4. The molecule has 0 saturated carbocycles. The fourth-order valence-electron chi connectivity index (χ4n) is 6.66. The summed E-state index contributed by atoms with van der Waals surface area (Å²) in [5.74, 6) is 0.902. The highest BCUT2D eigenvalue weighted by Crippen LogP contribution is 2.31. The Balaban J connectivity index is 1.20. The molecule has 6 nitrogen and oxygen atoms in total. The number of nitrogens with one attached hydrogen (secondary N) is 1. The number of nitrogens with zero attached hydrogens (tertiary/aromatic N) is 1. The number of aliphatic hydroxyl groups is 1. The van der Waals surface area contributed by atoms with Gasteiger partial charge in [-0.1, -0.05) is 67.6 Å². The quantitative estimate of drug-likeness (QED) is 0.141. The molecule has 6 heteroatoms. The van der Waals surface area contributed by atoms with Crippen LogP contribution in [-0.4, -0.2) is 36.5 Å². The van der Waals surface area contributed by atoms with Gasteiger partial charge < -0.3 is 19.7 Å². The molecule has 0 spiro atoms. The smallest absolute Gasteiger partial charge is 0.291 e. The molecule has 1 amide bonds. The molecule has 2 heterocycles. The predicted octanol–water partition coefficient (Wildman–Crippen LogP) is 8.45. The summed E-state index contributed by atoms with van der Waals surface area (Å²) >= 11 is 0. The number of anilines is 2. The van der Waals surface area contributed by atoms with Gasteiger partial charge in [0.1, 0.15) is 0 Å². The zero-order valence-corrected chi connectivity index (χ0v) is 26.6. The minimum atomic E-state index is -0.317. The molecule has 2 N–H and O–H groups in total. The number of Topliss-reactive ketones (excluding diaryl/α,β-unsaturated/α-hetero) is 1. The third-order valence-corrected chi connectivity index (χ3v) is 9.49. The van der Waals surface area contributed by atoms with E-state index in [9.17, 15) is 14.7 Å². The number of amides is 1. The van der Waals surface area contributed by atoms with Crippen molar-refractivity contribution in [3.63, 3.8) is 0 Å². The summed E-state index contributed by atoms with van der Waals surface area (Å²) in [4.78, 5) is 28.8. The number of aryl methyl sites for hydroxylation is 2. The van der Waals surface area contributed by atoms with Gasteiger partial charge in [-0.25, -0.2) is 0 Å². The number of ketones is 1. The number of furan rings is 1. The zero-order chi connectivity index (χ0) is 31.6. The van der Waals surface area contributed by atoms with Gasteiger partial charge >= 0.3 is 0 Å². The molecule has 1 fully saturated rings. The van der Waals surface area contributed by atoms with Crippen LogP contribution in [-0.2, 0) is 6.42 Å². The molecule has 3 aromatic carbocycles. The molecule has 236 valence electrons. The number of rotatable bonds is 14. The normalized spacial score (nSPS) is 15.0. The molecule has 0 radical (unpaired) electrons. The highest BCUT2D eigenvalue weighted by molar-refractivity contribution is 6.04. The van der Waals surface area contributed by atoms with Gasteiger partial charge in [-0.05, 0) is 98.2 Å². The minimum absolute atomic E-state index is 0.0543. The summed E-state index contributed by atoms with van der Waals surface area (Å²) in [6.07, 6.45) is 7.62. The highest BCUT2D eigenvalue weighted by Gasteiger charge is 2.22. The van der Waals surface area contributed by atoms with Crippen LogP contribution in [0, 0.1) is 18.8 Å². The van der Waals surface area contributed by atoms with E-state index < -0.39 is 0 Å². The second kappa shape index (κ2) is 15.7. The monoisotopic (exact) mass is 606 g/mol. The third-order valence-electron chi connectivity index (χ3n) is 9.49. The Kier molecular flexibility index (Phi) is 11.3. The van der Waals surface area contributed by atoms with Crippen LogP contribution in [0.5, 0.6) is 0 Å². The second-order valence-electron chi connectivity index (χ2n) is 12.6. The van der Waals surface area contributed by atoms with Crippen LogP contribution in [0.1, 0.15) is 89.0 Å². The average Bonchev–Trinajstić information content (AvgIpc) is 3.61. The van der Waals surface area contributed by atoms with Crippen molar-refractivity contribution >= 4 is 23.1 Å². The van der Waals surface area contributed by atoms with Crippen molar-refractivity contribution in [3.05, 3.63) is 119 Å². The van der Waals surface area contributed by atoms with Crippen molar-refractivity contribution in [1.82, 2.24) is 0 Å². The maximum Gasteiger partial charge on any atom is 0.291 e. The lowest BCUT2D eigenvalue weighted by atomic mass is 9.84. The van der Waals surface area contributed by atoms with Crippen LogP contribution in [0.4, 0.5) is 11.4 Å². The highest BCUT2D eigenvalue weighted by atomic mass is 16.3. The molecule has 4 aromatic rings. The van der Waals surface area contributed by atoms with E-state index in [1.54, 1.807) is 12.1 Å². The number of piperidine rings is 1. The molecule has 2 atom stereocenters. The van der Waals surface area contributed by atoms with E-state index in [-0.39, 0.29) is 35.9 Å². The average molecular weight is 607 g/mol. The van der Waals surface area contributed by atoms with E-state index in [4.69, 9.17) is 4.42 Å². The lowest BCUT2D eigenvalue weighted by Crippen LogP contribution is -2.34. The summed E-state index contributed by atoms with van der Waals surface area (Å²) < 4.78 is 5.33. The maximum absolute atomic E-state index is 13.3. The minimum Gasteiger partial charge on any atom is -0.459 e. The molecule has 1 aliphatic heterocycles. The maximum atomic E-state index is 13.3. The van der Waals surface area contributed by atoms with Crippen molar-refractivity contribution in [2.75, 3.05) is 29.9 Å². The van der Waals surface area contributed by atoms with E-state index in [0.29, 0.717) is 23.6 Å². The number of para-hydroxylation sites is 1. The topological polar surface area (TPSA) is 82.8 Å². The third kappa shape index (κ3) is 8.52. The summed E-state index contributed by atoms with van der Waals surface area (Å²) in [6.45, 7) is 6.50. The number of benzene rings is 3. The summed E-state index contributed by atoms with van der Waals surface area (Å²) in [7, 11) is 0. The fourth-order valence-corrected chi connectivity index (χ4v) is 6.66. The molecule has 2 unspecified atom stereocenters. The first-order chi connectivity index (χ1) is 21.9. The molecule has 1 aromatic heterocycles. The number of carbonyl (C=O) groups is 2. The van der Waals surface area contributed by atoms with E-state index in [0.717, 1.165) is 62.7 Å². The van der Waals surface area contributed by atoms with E-state index in [1.165, 1.54) is 17.5 Å². The van der Waals surface area contributed by atoms with E-state index in [2.05, 4.69) is 60.5 Å². The van der Waals surface area contributed by atoms with Gasteiger partial charge in [0.15, 0.2) is 11.5 Å². The van der Waals surface area contributed by atoms with Crippen LogP contribution in [0.15, 0.2) is 95.6 Å². The summed E-state index contributed by atoms with van der Waals surface area (Å²) in [6, 6.07) is 27.8. The van der Waals surface area contributed by atoms with Gasteiger partial charge in [0.2, 0.25) is 0 Å². The Hall–Kier alpha value is -4.16. The number of hydrogen-bond acceptors (Lipinski definition) is 5. The van der Waals surface area contributed by atoms with Crippen molar-refractivity contribution in [2.24, 2.45) is 11.8 Å². The summed E-state index contributed by atoms with van der Waals surface area (Å²) in [5, 5.41) is 13.0.